The quantitative estimate of drug-likeness (QED) is 0.266. The number of thiophene rings is 2. The number of hydrogen-bond acceptors (Lipinski definition) is 2. The van der Waals surface area contributed by atoms with E-state index in [1.807, 2.05) is 22.7 Å². The number of rotatable bonds is 15. The van der Waals surface area contributed by atoms with Crippen LogP contribution in [0.1, 0.15) is 96.5 Å². The number of unbranched alkanes of at least 4 members (excludes halogenated alkanes) is 8. The Kier molecular flexibility index (Phi) is 11.3. The van der Waals surface area contributed by atoms with Crippen LogP contribution in [-0.4, -0.2) is 0 Å². The molecule has 0 saturated carbocycles. The highest BCUT2D eigenvalue weighted by molar-refractivity contribution is 7.20. The lowest BCUT2D eigenvalue weighted by molar-refractivity contribution is 0.403. The molecule has 146 valence electrons. The van der Waals surface area contributed by atoms with Gasteiger partial charge in [0.15, 0.2) is 0 Å². The fraction of sp³-hybridized carbons (Fsp3) is 0.667. The highest BCUT2D eigenvalue weighted by Crippen LogP contribution is 2.35. The summed E-state index contributed by atoms with van der Waals surface area (Å²) in [5.74, 6) is 0.881. The Morgan fingerprint density at radius 3 is 2.04 bits per heavy atom. The third-order valence-electron chi connectivity index (χ3n) is 5.43. The van der Waals surface area contributed by atoms with E-state index >= 15 is 0 Å². The van der Waals surface area contributed by atoms with Crippen LogP contribution in [0.15, 0.2) is 29.0 Å². The lowest BCUT2D eigenvalue weighted by Crippen LogP contribution is -2.05. The van der Waals surface area contributed by atoms with E-state index in [-0.39, 0.29) is 0 Å². The zero-order valence-electron chi connectivity index (χ0n) is 17.0. The molecule has 2 aromatic rings. The lowest BCUT2D eigenvalue weighted by atomic mass is 9.89. The lowest BCUT2D eigenvalue weighted by Gasteiger charge is -2.17. The van der Waals surface area contributed by atoms with Crippen LogP contribution < -0.4 is 0 Å². The van der Waals surface area contributed by atoms with Gasteiger partial charge < -0.3 is 0 Å². The Labute approximate surface area is 170 Å². The standard InChI is InChI=1S/C24H38S2/c1-3-5-7-9-10-12-15-21(14-11-8-6-4-2)20-22-17-19-26-24(22)23-16-13-18-25-23/h13,16-19,21H,3-12,14-15,20H2,1-2H3. The van der Waals surface area contributed by atoms with E-state index in [9.17, 15) is 0 Å². The van der Waals surface area contributed by atoms with Gasteiger partial charge in [0, 0.05) is 9.75 Å². The molecule has 0 bridgehead atoms. The third kappa shape index (κ3) is 7.96. The molecule has 0 fully saturated rings. The summed E-state index contributed by atoms with van der Waals surface area (Å²) in [6.07, 6.45) is 18.2. The first-order chi connectivity index (χ1) is 12.8. The highest BCUT2D eigenvalue weighted by atomic mass is 32.1. The van der Waals surface area contributed by atoms with Gasteiger partial charge in [0.05, 0.1) is 0 Å². The summed E-state index contributed by atoms with van der Waals surface area (Å²) in [7, 11) is 0. The molecular weight excluding hydrogens is 352 g/mol. The van der Waals surface area contributed by atoms with Gasteiger partial charge in [0.1, 0.15) is 0 Å². The molecule has 0 amide bonds. The molecule has 0 nitrogen and oxygen atoms in total. The maximum Gasteiger partial charge on any atom is 0.0474 e. The highest BCUT2D eigenvalue weighted by Gasteiger charge is 2.14. The first kappa shape index (κ1) is 21.7. The molecule has 2 rings (SSSR count). The summed E-state index contributed by atoms with van der Waals surface area (Å²) in [6, 6.07) is 6.85. The molecular formula is C24H38S2. The van der Waals surface area contributed by atoms with Crippen LogP contribution in [0, 0.1) is 5.92 Å². The van der Waals surface area contributed by atoms with Crippen molar-refractivity contribution in [2.75, 3.05) is 0 Å². The Bertz CT molecular complexity index is 553. The average molecular weight is 391 g/mol. The Morgan fingerprint density at radius 1 is 0.731 bits per heavy atom. The van der Waals surface area contributed by atoms with Gasteiger partial charge in [-0.25, -0.2) is 0 Å². The monoisotopic (exact) mass is 390 g/mol. The van der Waals surface area contributed by atoms with Crippen LogP contribution in [0.25, 0.3) is 9.75 Å². The second kappa shape index (κ2) is 13.6. The zero-order chi connectivity index (χ0) is 18.5. The van der Waals surface area contributed by atoms with Crippen molar-refractivity contribution in [2.45, 2.75) is 97.3 Å². The van der Waals surface area contributed by atoms with Gasteiger partial charge in [0.25, 0.3) is 0 Å². The normalized spacial score (nSPS) is 12.5. The Hall–Kier alpha value is -0.600. The summed E-state index contributed by atoms with van der Waals surface area (Å²) in [5.41, 5.74) is 1.60. The van der Waals surface area contributed by atoms with Crippen molar-refractivity contribution in [2.24, 2.45) is 5.92 Å². The maximum absolute atomic E-state index is 2.39. The van der Waals surface area contributed by atoms with Crippen molar-refractivity contribution in [3.8, 4) is 9.75 Å². The summed E-state index contributed by atoms with van der Waals surface area (Å²) in [5, 5.41) is 4.50. The first-order valence-electron chi connectivity index (χ1n) is 10.9. The van der Waals surface area contributed by atoms with Crippen LogP contribution in [0.3, 0.4) is 0 Å². The molecule has 0 aliphatic rings. The summed E-state index contributed by atoms with van der Waals surface area (Å²) < 4.78 is 0. The fourth-order valence-electron chi connectivity index (χ4n) is 3.85. The predicted molar refractivity (Wildman–Crippen MR) is 122 cm³/mol. The van der Waals surface area contributed by atoms with E-state index < -0.39 is 0 Å². The van der Waals surface area contributed by atoms with Gasteiger partial charge in [0.2, 0.25) is 0 Å². The van der Waals surface area contributed by atoms with Crippen molar-refractivity contribution in [3.63, 3.8) is 0 Å². The van der Waals surface area contributed by atoms with Crippen molar-refractivity contribution < 1.29 is 0 Å². The zero-order valence-corrected chi connectivity index (χ0v) is 18.6. The van der Waals surface area contributed by atoms with Crippen LogP contribution in [0.2, 0.25) is 0 Å². The molecule has 2 heteroatoms. The van der Waals surface area contributed by atoms with Gasteiger partial charge in [-0.3, -0.25) is 0 Å². The molecule has 2 heterocycles. The van der Waals surface area contributed by atoms with Crippen molar-refractivity contribution in [1.82, 2.24) is 0 Å². The van der Waals surface area contributed by atoms with Gasteiger partial charge in [-0.15, -0.1) is 22.7 Å². The second-order valence-corrected chi connectivity index (χ2v) is 9.59. The molecule has 0 aromatic carbocycles. The van der Waals surface area contributed by atoms with Crippen LogP contribution in [0.5, 0.6) is 0 Å². The number of hydrogen-bond donors (Lipinski definition) is 0. The van der Waals surface area contributed by atoms with E-state index in [0.717, 1.165) is 5.92 Å². The minimum absolute atomic E-state index is 0.881. The molecule has 0 aliphatic carbocycles. The van der Waals surface area contributed by atoms with E-state index in [4.69, 9.17) is 0 Å². The Balaban J connectivity index is 1.85. The molecule has 0 saturated heterocycles. The van der Waals surface area contributed by atoms with Gasteiger partial charge >= 0.3 is 0 Å². The first-order valence-corrected chi connectivity index (χ1v) is 12.7. The molecule has 0 spiro atoms. The van der Waals surface area contributed by atoms with Crippen LogP contribution >= 0.6 is 22.7 Å². The van der Waals surface area contributed by atoms with E-state index in [1.54, 1.807) is 5.56 Å². The summed E-state index contributed by atoms with van der Waals surface area (Å²) in [4.78, 5) is 2.99. The van der Waals surface area contributed by atoms with Crippen LogP contribution in [-0.2, 0) is 6.42 Å². The smallest absolute Gasteiger partial charge is 0.0474 e. The maximum atomic E-state index is 2.39. The molecule has 26 heavy (non-hydrogen) atoms. The fourth-order valence-corrected chi connectivity index (χ4v) is 5.70. The van der Waals surface area contributed by atoms with Crippen molar-refractivity contribution >= 4 is 22.7 Å². The third-order valence-corrected chi connectivity index (χ3v) is 7.44. The summed E-state index contributed by atoms with van der Waals surface area (Å²) in [6.45, 7) is 4.62. The SMILES string of the molecule is CCCCCCCCC(CCCCCC)Cc1ccsc1-c1cccs1. The van der Waals surface area contributed by atoms with E-state index in [1.165, 1.54) is 93.2 Å². The van der Waals surface area contributed by atoms with Crippen molar-refractivity contribution in [3.05, 3.63) is 34.5 Å². The second-order valence-electron chi connectivity index (χ2n) is 7.73. The minimum atomic E-state index is 0.881. The van der Waals surface area contributed by atoms with Crippen LogP contribution in [0.4, 0.5) is 0 Å². The summed E-state index contributed by atoms with van der Waals surface area (Å²) >= 11 is 3.81. The minimum Gasteiger partial charge on any atom is -0.143 e. The topological polar surface area (TPSA) is 0 Å². The molecule has 0 aliphatic heterocycles. The molecule has 1 unspecified atom stereocenters. The molecule has 1 atom stereocenters. The predicted octanol–water partition coefficient (Wildman–Crippen LogP) is 9.36. The largest absolute Gasteiger partial charge is 0.143 e. The molecule has 0 N–H and O–H groups in total. The van der Waals surface area contributed by atoms with Gasteiger partial charge in [-0.2, -0.15) is 0 Å². The molecule has 0 radical (unpaired) electrons. The van der Waals surface area contributed by atoms with Crippen molar-refractivity contribution in [1.29, 1.82) is 0 Å². The van der Waals surface area contributed by atoms with Gasteiger partial charge in [-0.1, -0.05) is 97.0 Å². The molecule has 2 aromatic heterocycles. The Morgan fingerprint density at radius 2 is 1.38 bits per heavy atom. The van der Waals surface area contributed by atoms with E-state index in [2.05, 4.69) is 42.8 Å². The van der Waals surface area contributed by atoms with E-state index in [0.29, 0.717) is 0 Å². The average Bonchev–Trinajstić information content (AvgIpc) is 3.32. The van der Waals surface area contributed by atoms with Gasteiger partial charge in [-0.05, 0) is 40.8 Å².